The highest BCUT2D eigenvalue weighted by molar-refractivity contribution is 7.87. The fourth-order valence-corrected chi connectivity index (χ4v) is 2.59. The highest BCUT2D eigenvalue weighted by atomic mass is 32.2. The molecule has 3 nitrogen and oxygen atoms in total. The Bertz CT molecular complexity index is 363. The van der Waals surface area contributed by atoms with Crippen molar-refractivity contribution >= 4 is 10.1 Å². The van der Waals surface area contributed by atoms with Crippen LogP contribution in [0.2, 0.25) is 0 Å². The van der Waals surface area contributed by atoms with Gasteiger partial charge in [0.1, 0.15) is 0 Å². The van der Waals surface area contributed by atoms with Gasteiger partial charge in [0.25, 0.3) is 0 Å². The first-order chi connectivity index (χ1) is 8.04. The third-order valence-corrected chi connectivity index (χ3v) is 4.55. The van der Waals surface area contributed by atoms with E-state index in [9.17, 15) is 21.6 Å². The summed E-state index contributed by atoms with van der Waals surface area (Å²) in [6.45, 7) is 3.94. The standard InChI is InChI=1S/C11H19F3O3S/c1-10(2)6-3-9(4-7-10)5-8-17-18(15,16)11(12,13)14/h9H,3-8H2,1-2H3. The van der Waals surface area contributed by atoms with E-state index in [2.05, 4.69) is 18.0 Å². The Balaban J connectivity index is 2.32. The van der Waals surface area contributed by atoms with E-state index in [1.54, 1.807) is 0 Å². The van der Waals surface area contributed by atoms with E-state index in [4.69, 9.17) is 0 Å². The molecule has 0 saturated heterocycles. The van der Waals surface area contributed by atoms with Crippen molar-refractivity contribution in [2.75, 3.05) is 6.61 Å². The second-order valence-corrected chi connectivity index (χ2v) is 7.22. The molecule has 0 aromatic rings. The molecule has 0 amide bonds. The third-order valence-electron chi connectivity index (χ3n) is 3.51. The summed E-state index contributed by atoms with van der Waals surface area (Å²) in [4.78, 5) is 0. The number of hydrogen-bond acceptors (Lipinski definition) is 3. The summed E-state index contributed by atoms with van der Waals surface area (Å²) in [6.07, 6.45) is 4.24. The average molecular weight is 288 g/mol. The first-order valence-corrected chi connectivity index (χ1v) is 7.40. The molecule has 0 heterocycles. The Morgan fingerprint density at radius 1 is 1.22 bits per heavy atom. The Labute approximate surface area is 106 Å². The van der Waals surface area contributed by atoms with Crippen LogP contribution in [-0.4, -0.2) is 20.5 Å². The van der Waals surface area contributed by atoms with Crippen molar-refractivity contribution < 1.29 is 25.8 Å². The molecular weight excluding hydrogens is 269 g/mol. The summed E-state index contributed by atoms with van der Waals surface area (Å²) >= 11 is 0. The maximum absolute atomic E-state index is 12.0. The molecule has 0 bridgehead atoms. The molecule has 1 aliphatic carbocycles. The van der Waals surface area contributed by atoms with Crippen LogP contribution in [0, 0.1) is 11.3 Å². The van der Waals surface area contributed by atoms with Gasteiger partial charge in [-0.15, -0.1) is 0 Å². The molecule has 0 aromatic heterocycles. The van der Waals surface area contributed by atoms with Gasteiger partial charge in [0.2, 0.25) is 0 Å². The van der Waals surface area contributed by atoms with E-state index in [1.807, 2.05) is 0 Å². The highest BCUT2D eigenvalue weighted by Gasteiger charge is 2.47. The van der Waals surface area contributed by atoms with Crippen molar-refractivity contribution in [2.45, 2.75) is 51.5 Å². The fourth-order valence-electron chi connectivity index (χ4n) is 2.14. The van der Waals surface area contributed by atoms with E-state index in [0.29, 0.717) is 6.42 Å². The molecule has 7 heteroatoms. The van der Waals surface area contributed by atoms with E-state index in [0.717, 1.165) is 25.7 Å². The predicted octanol–water partition coefficient (Wildman–Crippen LogP) is 3.46. The van der Waals surface area contributed by atoms with Gasteiger partial charge in [-0.3, -0.25) is 4.18 Å². The smallest absolute Gasteiger partial charge is 0.263 e. The van der Waals surface area contributed by atoms with Crippen LogP contribution in [0.3, 0.4) is 0 Å². The van der Waals surface area contributed by atoms with Gasteiger partial charge in [-0.05, 0) is 43.4 Å². The number of rotatable bonds is 4. The molecule has 1 rings (SSSR count). The molecule has 0 spiro atoms. The van der Waals surface area contributed by atoms with Gasteiger partial charge < -0.3 is 0 Å². The van der Waals surface area contributed by atoms with E-state index >= 15 is 0 Å². The van der Waals surface area contributed by atoms with Gasteiger partial charge in [-0.2, -0.15) is 21.6 Å². The summed E-state index contributed by atoms with van der Waals surface area (Å²) < 4.78 is 61.3. The molecule has 0 N–H and O–H groups in total. The lowest BCUT2D eigenvalue weighted by molar-refractivity contribution is -0.0545. The lowest BCUT2D eigenvalue weighted by Gasteiger charge is -2.34. The molecule has 0 radical (unpaired) electrons. The van der Waals surface area contributed by atoms with Gasteiger partial charge in [0.15, 0.2) is 0 Å². The summed E-state index contributed by atoms with van der Waals surface area (Å²) in [5.74, 6) is 0.265. The highest BCUT2D eigenvalue weighted by Crippen LogP contribution is 2.39. The minimum atomic E-state index is -5.42. The maximum Gasteiger partial charge on any atom is 0.523 e. The molecule has 18 heavy (non-hydrogen) atoms. The van der Waals surface area contributed by atoms with Crippen molar-refractivity contribution in [3.8, 4) is 0 Å². The molecule has 1 fully saturated rings. The fraction of sp³-hybridized carbons (Fsp3) is 1.00. The van der Waals surface area contributed by atoms with Crippen molar-refractivity contribution in [1.29, 1.82) is 0 Å². The van der Waals surface area contributed by atoms with E-state index in [1.165, 1.54) is 0 Å². The quantitative estimate of drug-likeness (QED) is 0.588. The second kappa shape index (κ2) is 5.36. The van der Waals surface area contributed by atoms with Crippen LogP contribution < -0.4 is 0 Å². The molecule has 0 aliphatic heterocycles. The normalized spacial score (nSPS) is 22.1. The van der Waals surface area contributed by atoms with Gasteiger partial charge in [-0.1, -0.05) is 13.8 Å². The van der Waals surface area contributed by atoms with Crippen LogP contribution in [0.5, 0.6) is 0 Å². The molecule has 0 unspecified atom stereocenters. The molecule has 0 aromatic carbocycles. The van der Waals surface area contributed by atoms with E-state index < -0.39 is 15.6 Å². The first-order valence-electron chi connectivity index (χ1n) is 5.99. The van der Waals surface area contributed by atoms with Crippen LogP contribution in [-0.2, 0) is 14.3 Å². The van der Waals surface area contributed by atoms with Crippen LogP contribution in [0.25, 0.3) is 0 Å². The Kier molecular flexibility index (Phi) is 4.70. The number of halogens is 3. The first kappa shape index (κ1) is 15.8. The molecule has 108 valence electrons. The van der Waals surface area contributed by atoms with Crippen molar-refractivity contribution in [3.05, 3.63) is 0 Å². The Morgan fingerprint density at radius 3 is 2.17 bits per heavy atom. The number of hydrogen-bond donors (Lipinski definition) is 0. The van der Waals surface area contributed by atoms with Crippen LogP contribution in [0.15, 0.2) is 0 Å². The predicted molar refractivity (Wildman–Crippen MR) is 61.3 cm³/mol. The number of alkyl halides is 3. The third kappa shape index (κ3) is 4.42. The van der Waals surface area contributed by atoms with Crippen LogP contribution in [0.4, 0.5) is 13.2 Å². The van der Waals surface area contributed by atoms with Gasteiger partial charge in [-0.25, -0.2) is 0 Å². The van der Waals surface area contributed by atoms with Crippen LogP contribution >= 0.6 is 0 Å². The lowest BCUT2D eigenvalue weighted by Crippen LogP contribution is -2.27. The molecule has 1 aliphatic rings. The zero-order chi connectivity index (χ0) is 14.0. The zero-order valence-corrected chi connectivity index (χ0v) is 11.4. The second-order valence-electron chi connectivity index (χ2n) is 5.62. The Morgan fingerprint density at radius 2 is 1.72 bits per heavy atom. The van der Waals surface area contributed by atoms with Crippen molar-refractivity contribution in [1.82, 2.24) is 0 Å². The summed E-state index contributed by atoms with van der Waals surface area (Å²) in [6, 6.07) is 0. The summed E-state index contributed by atoms with van der Waals surface area (Å²) in [5.41, 5.74) is -5.03. The van der Waals surface area contributed by atoms with Crippen LogP contribution in [0.1, 0.15) is 46.0 Å². The topological polar surface area (TPSA) is 43.4 Å². The van der Waals surface area contributed by atoms with E-state index in [-0.39, 0.29) is 17.9 Å². The molecular formula is C11H19F3O3S. The minimum absolute atomic E-state index is 0.265. The summed E-state index contributed by atoms with van der Waals surface area (Å²) in [5, 5.41) is 0. The largest absolute Gasteiger partial charge is 0.523 e. The van der Waals surface area contributed by atoms with Gasteiger partial charge in [0, 0.05) is 0 Å². The van der Waals surface area contributed by atoms with Crippen molar-refractivity contribution in [2.24, 2.45) is 11.3 Å². The molecule has 1 saturated carbocycles. The zero-order valence-electron chi connectivity index (χ0n) is 10.6. The summed E-state index contributed by atoms with van der Waals surface area (Å²) in [7, 11) is -5.42. The van der Waals surface area contributed by atoms with Gasteiger partial charge in [0.05, 0.1) is 6.61 Å². The maximum atomic E-state index is 12.0. The Hall–Kier alpha value is -0.300. The molecule has 0 atom stereocenters. The van der Waals surface area contributed by atoms with Crippen molar-refractivity contribution in [3.63, 3.8) is 0 Å². The van der Waals surface area contributed by atoms with Gasteiger partial charge >= 0.3 is 15.6 Å². The average Bonchev–Trinajstić information content (AvgIpc) is 2.18. The monoisotopic (exact) mass is 288 g/mol. The lowest BCUT2D eigenvalue weighted by atomic mass is 9.72. The SMILES string of the molecule is CC1(C)CCC(CCOS(=O)(=O)C(F)(F)F)CC1. The minimum Gasteiger partial charge on any atom is -0.263 e.